The Labute approximate surface area is 141 Å². The molecule has 0 aliphatic rings. The van der Waals surface area contributed by atoms with Crippen molar-refractivity contribution in [2.24, 2.45) is 5.92 Å². The number of hydrogen-bond acceptors (Lipinski definition) is 4. The Bertz CT molecular complexity index is 578. The first kappa shape index (κ1) is 19.2. The zero-order chi connectivity index (χ0) is 17.6. The topological polar surface area (TPSA) is 74.7 Å². The largest absolute Gasteiger partial charge is 0.480 e. The normalized spacial score (nSPS) is 10.7. The number of carboxylic acids is 1. The van der Waals surface area contributed by atoms with Gasteiger partial charge in [-0.2, -0.15) is 0 Å². The second-order valence-corrected chi connectivity index (χ2v) is 6.91. The standard InChI is InChI=1S/C17H23NO4S/c1-11(2)8-16(22)23-10-14(19)18(9-15(20)21)17-12(3)6-5-7-13(17)4/h5-7,11H,8-10H2,1-4H3,(H,20,21). The quantitative estimate of drug-likeness (QED) is 0.828. The van der Waals surface area contributed by atoms with E-state index < -0.39 is 12.5 Å². The van der Waals surface area contributed by atoms with Crippen LogP contribution in [0.2, 0.25) is 0 Å². The minimum absolute atomic E-state index is 0.0490. The van der Waals surface area contributed by atoms with Gasteiger partial charge in [0.25, 0.3) is 0 Å². The number of amides is 1. The molecule has 0 atom stereocenters. The first-order valence-corrected chi connectivity index (χ1v) is 8.45. The molecule has 0 aliphatic carbocycles. The van der Waals surface area contributed by atoms with Crippen LogP contribution in [-0.2, 0) is 14.4 Å². The third-order valence-corrected chi connectivity index (χ3v) is 4.12. The molecule has 1 N–H and O–H groups in total. The molecule has 0 spiro atoms. The SMILES string of the molecule is Cc1cccc(C)c1N(CC(=O)O)C(=O)CSC(=O)CC(C)C. The molecule has 1 aromatic carbocycles. The van der Waals surface area contributed by atoms with Gasteiger partial charge in [0, 0.05) is 6.42 Å². The number of carboxylic acid groups (broad SMARTS) is 1. The lowest BCUT2D eigenvalue weighted by molar-refractivity contribution is -0.136. The zero-order valence-electron chi connectivity index (χ0n) is 14.0. The van der Waals surface area contributed by atoms with Crippen molar-refractivity contribution < 1.29 is 19.5 Å². The molecule has 0 bridgehead atoms. The highest BCUT2D eigenvalue weighted by atomic mass is 32.2. The van der Waals surface area contributed by atoms with E-state index in [1.54, 1.807) is 0 Å². The van der Waals surface area contributed by atoms with Crippen LogP contribution in [0.5, 0.6) is 0 Å². The Hall–Kier alpha value is -1.82. The van der Waals surface area contributed by atoms with Crippen molar-refractivity contribution >= 4 is 34.4 Å². The lowest BCUT2D eigenvalue weighted by Crippen LogP contribution is -2.38. The molecule has 126 valence electrons. The molecular formula is C17H23NO4S. The molecule has 1 amide bonds. The van der Waals surface area contributed by atoms with Crippen molar-refractivity contribution in [3.8, 4) is 0 Å². The van der Waals surface area contributed by atoms with Crippen molar-refractivity contribution in [1.29, 1.82) is 0 Å². The fourth-order valence-corrected chi connectivity index (χ4v) is 3.16. The summed E-state index contributed by atoms with van der Waals surface area (Å²) >= 11 is 0.952. The molecule has 1 aromatic rings. The first-order chi connectivity index (χ1) is 10.7. The molecule has 23 heavy (non-hydrogen) atoms. The highest BCUT2D eigenvalue weighted by molar-refractivity contribution is 8.14. The van der Waals surface area contributed by atoms with E-state index in [9.17, 15) is 14.4 Å². The Balaban J connectivity index is 2.92. The lowest BCUT2D eigenvalue weighted by atomic mass is 10.1. The van der Waals surface area contributed by atoms with Gasteiger partial charge in [-0.15, -0.1) is 0 Å². The Morgan fingerprint density at radius 2 is 1.74 bits per heavy atom. The summed E-state index contributed by atoms with van der Waals surface area (Å²) in [7, 11) is 0. The van der Waals surface area contributed by atoms with Crippen molar-refractivity contribution in [2.75, 3.05) is 17.2 Å². The maximum atomic E-state index is 12.5. The molecule has 0 aromatic heterocycles. The van der Waals surface area contributed by atoms with Crippen LogP contribution < -0.4 is 4.90 Å². The monoisotopic (exact) mass is 337 g/mol. The number of benzene rings is 1. The van der Waals surface area contributed by atoms with Crippen LogP contribution in [0.3, 0.4) is 0 Å². The van der Waals surface area contributed by atoms with Crippen LogP contribution in [0.15, 0.2) is 18.2 Å². The molecule has 0 fully saturated rings. The van der Waals surface area contributed by atoms with E-state index in [0.29, 0.717) is 12.1 Å². The molecule has 0 heterocycles. The molecule has 0 aliphatic heterocycles. The summed E-state index contributed by atoms with van der Waals surface area (Å²) in [5.74, 6) is -1.27. The molecule has 0 saturated carbocycles. The van der Waals surface area contributed by atoms with Gasteiger partial charge in [0.2, 0.25) is 5.91 Å². The number of aryl methyl sites for hydroxylation is 2. The molecule has 0 unspecified atom stereocenters. The van der Waals surface area contributed by atoms with Gasteiger partial charge in [0.05, 0.1) is 11.4 Å². The molecule has 6 heteroatoms. The number of hydrogen-bond donors (Lipinski definition) is 1. The fraction of sp³-hybridized carbons (Fsp3) is 0.471. The second kappa shape index (κ2) is 8.72. The minimum atomic E-state index is -1.08. The Morgan fingerprint density at radius 1 is 1.17 bits per heavy atom. The number of para-hydroxylation sites is 1. The molecule has 0 saturated heterocycles. The van der Waals surface area contributed by atoms with Crippen LogP contribution in [0.25, 0.3) is 0 Å². The molecule has 5 nitrogen and oxygen atoms in total. The van der Waals surface area contributed by atoms with Crippen molar-refractivity contribution in [3.63, 3.8) is 0 Å². The second-order valence-electron chi connectivity index (χ2n) is 5.87. The average molecular weight is 337 g/mol. The number of carbonyl (C=O) groups excluding carboxylic acids is 2. The third-order valence-electron chi connectivity index (χ3n) is 3.24. The van der Waals surface area contributed by atoms with Gasteiger partial charge in [-0.25, -0.2) is 0 Å². The summed E-state index contributed by atoms with van der Waals surface area (Å²) in [4.78, 5) is 36.6. The summed E-state index contributed by atoms with van der Waals surface area (Å²) in [6.45, 7) is 7.13. The predicted molar refractivity (Wildman–Crippen MR) is 92.8 cm³/mol. The summed E-state index contributed by atoms with van der Waals surface area (Å²) in [6.07, 6.45) is 0.403. The van der Waals surface area contributed by atoms with Gasteiger partial charge < -0.3 is 5.11 Å². The molecule has 1 rings (SSSR count). The summed E-state index contributed by atoms with van der Waals surface area (Å²) in [5.41, 5.74) is 2.27. The van der Waals surface area contributed by atoms with E-state index >= 15 is 0 Å². The van der Waals surface area contributed by atoms with Crippen molar-refractivity contribution in [3.05, 3.63) is 29.3 Å². The van der Waals surface area contributed by atoms with E-state index in [1.165, 1.54) is 4.90 Å². The van der Waals surface area contributed by atoms with E-state index in [2.05, 4.69) is 0 Å². The van der Waals surface area contributed by atoms with E-state index in [-0.39, 0.29) is 22.7 Å². The van der Waals surface area contributed by atoms with Crippen LogP contribution in [0.4, 0.5) is 5.69 Å². The lowest BCUT2D eigenvalue weighted by Gasteiger charge is -2.24. The maximum Gasteiger partial charge on any atom is 0.323 e. The highest BCUT2D eigenvalue weighted by Crippen LogP contribution is 2.25. The number of carbonyl (C=O) groups is 3. The minimum Gasteiger partial charge on any atom is -0.480 e. The van der Waals surface area contributed by atoms with Crippen LogP contribution >= 0.6 is 11.8 Å². The van der Waals surface area contributed by atoms with Gasteiger partial charge >= 0.3 is 5.97 Å². The zero-order valence-corrected chi connectivity index (χ0v) is 14.8. The molecular weight excluding hydrogens is 314 g/mol. The average Bonchev–Trinajstić information content (AvgIpc) is 2.42. The number of anilines is 1. The van der Waals surface area contributed by atoms with E-state index in [1.807, 2.05) is 45.9 Å². The number of nitrogens with zero attached hydrogens (tertiary/aromatic N) is 1. The number of thioether (sulfide) groups is 1. The molecule has 0 radical (unpaired) electrons. The van der Waals surface area contributed by atoms with Gasteiger partial charge in [-0.3, -0.25) is 19.3 Å². The van der Waals surface area contributed by atoms with E-state index in [4.69, 9.17) is 5.11 Å². The Morgan fingerprint density at radius 3 is 2.22 bits per heavy atom. The van der Waals surface area contributed by atoms with Crippen LogP contribution in [0.1, 0.15) is 31.4 Å². The van der Waals surface area contributed by atoms with Crippen LogP contribution in [-0.4, -0.2) is 34.4 Å². The highest BCUT2D eigenvalue weighted by Gasteiger charge is 2.23. The maximum absolute atomic E-state index is 12.5. The van der Waals surface area contributed by atoms with Gasteiger partial charge in [-0.05, 0) is 30.9 Å². The smallest absolute Gasteiger partial charge is 0.323 e. The van der Waals surface area contributed by atoms with Gasteiger partial charge in [0.15, 0.2) is 5.12 Å². The predicted octanol–water partition coefficient (Wildman–Crippen LogP) is 3.03. The Kier molecular flexibility index (Phi) is 7.29. The number of aliphatic carboxylic acids is 1. The number of rotatable bonds is 7. The van der Waals surface area contributed by atoms with Crippen LogP contribution in [0, 0.1) is 19.8 Å². The summed E-state index contributed by atoms with van der Waals surface area (Å²) < 4.78 is 0. The van der Waals surface area contributed by atoms with Gasteiger partial charge in [-0.1, -0.05) is 43.8 Å². The first-order valence-electron chi connectivity index (χ1n) is 7.46. The summed E-state index contributed by atoms with van der Waals surface area (Å²) in [5, 5.41) is 9.05. The third kappa shape index (κ3) is 6.06. The van der Waals surface area contributed by atoms with E-state index in [0.717, 1.165) is 22.9 Å². The summed E-state index contributed by atoms with van der Waals surface area (Å²) in [6, 6.07) is 5.53. The van der Waals surface area contributed by atoms with Gasteiger partial charge in [0.1, 0.15) is 6.54 Å². The van der Waals surface area contributed by atoms with Crippen molar-refractivity contribution in [2.45, 2.75) is 34.1 Å². The fourth-order valence-electron chi connectivity index (χ4n) is 2.27. The van der Waals surface area contributed by atoms with Crippen molar-refractivity contribution in [1.82, 2.24) is 0 Å².